The summed E-state index contributed by atoms with van der Waals surface area (Å²) in [4.78, 5) is 23.2. The quantitative estimate of drug-likeness (QED) is 0.146. The molecule has 172 valence electrons. The molecule has 0 aliphatic heterocycles. The number of carbonyl (C=O) groups is 2. The SMILES string of the molecule is CCCCCOC(=O)CCCCCCCCCC(C)CCC(=O)OCCCCC. The van der Waals surface area contributed by atoms with Gasteiger partial charge in [0.15, 0.2) is 0 Å². The van der Waals surface area contributed by atoms with Crippen LogP contribution in [0.4, 0.5) is 0 Å². The topological polar surface area (TPSA) is 52.6 Å². The molecule has 1 unspecified atom stereocenters. The van der Waals surface area contributed by atoms with Crippen molar-refractivity contribution < 1.29 is 19.1 Å². The Labute approximate surface area is 180 Å². The van der Waals surface area contributed by atoms with Crippen LogP contribution in [0.5, 0.6) is 0 Å². The van der Waals surface area contributed by atoms with Crippen LogP contribution in [0, 0.1) is 5.92 Å². The van der Waals surface area contributed by atoms with Gasteiger partial charge >= 0.3 is 11.9 Å². The van der Waals surface area contributed by atoms with Crippen LogP contribution in [-0.2, 0) is 19.1 Å². The lowest BCUT2D eigenvalue weighted by Gasteiger charge is -2.11. The molecule has 29 heavy (non-hydrogen) atoms. The summed E-state index contributed by atoms with van der Waals surface area (Å²) in [7, 11) is 0. The minimum Gasteiger partial charge on any atom is -0.466 e. The number of hydrogen-bond acceptors (Lipinski definition) is 4. The first-order valence-corrected chi connectivity index (χ1v) is 12.4. The lowest BCUT2D eigenvalue weighted by Crippen LogP contribution is -2.08. The fourth-order valence-electron chi connectivity index (χ4n) is 3.38. The van der Waals surface area contributed by atoms with Gasteiger partial charge in [0.25, 0.3) is 0 Å². The van der Waals surface area contributed by atoms with Crippen LogP contribution in [0.25, 0.3) is 0 Å². The molecule has 0 aromatic rings. The number of unbranched alkanes of at least 4 members (excludes halogenated alkanes) is 10. The maximum absolute atomic E-state index is 11.7. The van der Waals surface area contributed by atoms with Crippen LogP contribution in [0.3, 0.4) is 0 Å². The summed E-state index contributed by atoms with van der Waals surface area (Å²) in [6.45, 7) is 7.72. The van der Waals surface area contributed by atoms with E-state index < -0.39 is 0 Å². The van der Waals surface area contributed by atoms with Crippen LogP contribution in [0.15, 0.2) is 0 Å². The summed E-state index contributed by atoms with van der Waals surface area (Å²) < 4.78 is 10.5. The fourth-order valence-corrected chi connectivity index (χ4v) is 3.38. The van der Waals surface area contributed by atoms with Crippen LogP contribution in [0.1, 0.15) is 130 Å². The van der Waals surface area contributed by atoms with Crippen molar-refractivity contribution in [3.63, 3.8) is 0 Å². The summed E-state index contributed by atoms with van der Waals surface area (Å²) in [6.07, 6.45) is 18.2. The molecule has 0 saturated carbocycles. The van der Waals surface area contributed by atoms with Gasteiger partial charge in [-0.25, -0.2) is 0 Å². The van der Waals surface area contributed by atoms with E-state index in [2.05, 4.69) is 20.8 Å². The van der Waals surface area contributed by atoms with E-state index in [1.165, 1.54) is 38.5 Å². The molecule has 0 spiro atoms. The number of hydrogen-bond donors (Lipinski definition) is 0. The Morgan fingerprint density at radius 1 is 0.586 bits per heavy atom. The highest BCUT2D eigenvalue weighted by atomic mass is 16.5. The minimum absolute atomic E-state index is 0.0278. The van der Waals surface area contributed by atoms with Gasteiger partial charge in [-0.1, -0.05) is 91.4 Å². The lowest BCUT2D eigenvalue weighted by atomic mass is 9.97. The Bertz CT molecular complexity index is 381. The van der Waals surface area contributed by atoms with Crippen molar-refractivity contribution in [2.75, 3.05) is 13.2 Å². The molecule has 0 aromatic heterocycles. The second-order valence-electron chi connectivity index (χ2n) is 8.51. The fraction of sp³-hybridized carbons (Fsp3) is 0.920. The largest absolute Gasteiger partial charge is 0.466 e. The monoisotopic (exact) mass is 412 g/mol. The maximum Gasteiger partial charge on any atom is 0.305 e. The minimum atomic E-state index is -0.0298. The summed E-state index contributed by atoms with van der Waals surface area (Å²) in [5, 5.41) is 0. The molecule has 0 saturated heterocycles. The van der Waals surface area contributed by atoms with Crippen molar-refractivity contribution in [1.29, 1.82) is 0 Å². The van der Waals surface area contributed by atoms with E-state index in [9.17, 15) is 9.59 Å². The normalized spacial score (nSPS) is 12.0. The van der Waals surface area contributed by atoms with Crippen molar-refractivity contribution >= 4 is 11.9 Å². The van der Waals surface area contributed by atoms with Crippen molar-refractivity contribution in [3.05, 3.63) is 0 Å². The molecule has 0 N–H and O–H groups in total. The maximum atomic E-state index is 11.7. The van der Waals surface area contributed by atoms with Crippen molar-refractivity contribution in [1.82, 2.24) is 0 Å². The number of ether oxygens (including phenoxy) is 2. The van der Waals surface area contributed by atoms with Gasteiger partial charge in [0.2, 0.25) is 0 Å². The van der Waals surface area contributed by atoms with Gasteiger partial charge in [-0.15, -0.1) is 0 Å². The van der Waals surface area contributed by atoms with Gasteiger partial charge in [0.05, 0.1) is 13.2 Å². The van der Waals surface area contributed by atoms with Gasteiger partial charge in [0.1, 0.15) is 0 Å². The third kappa shape index (κ3) is 21.5. The zero-order chi connectivity index (χ0) is 21.6. The molecule has 4 heteroatoms. The number of carbonyl (C=O) groups excluding carboxylic acids is 2. The van der Waals surface area contributed by atoms with Crippen molar-refractivity contribution in [3.8, 4) is 0 Å². The van der Waals surface area contributed by atoms with E-state index in [0.717, 1.165) is 57.8 Å². The molecule has 0 fully saturated rings. The third-order valence-corrected chi connectivity index (χ3v) is 5.44. The summed E-state index contributed by atoms with van der Waals surface area (Å²) >= 11 is 0. The Morgan fingerprint density at radius 2 is 1.07 bits per heavy atom. The first-order valence-electron chi connectivity index (χ1n) is 12.4. The van der Waals surface area contributed by atoms with Gasteiger partial charge in [0, 0.05) is 12.8 Å². The number of rotatable bonds is 21. The highest BCUT2D eigenvalue weighted by molar-refractivity contribution is 5.69. The molecule has 1 atom stereocenters. The average molecular weight is 413 g/mol. The second kappa shape index (κ2) is 21.6. The molecule has 0 aliphatic carbocycles. The Kier molecular flexibility index (Phi) is 20.9. The van der Waals surface area contributed by atoms with E-state index in [4.69, 9.17) is 9.47 Å². The summed E-state index contributed by atoms with van der Waals surface area (Å²) in [6, 6.07) is 0. The third-order valence-electron chi connectivity index (χ3n) is 5.44. The van der Waals surface area contributed by atoms with Crippen LogP contribution < -0.4 is 0 Å². The molecule has 0 radical (unpaired) electrons. The molecule has 0 heterocycles. The Hall–Kier alpha value is -1.06. The lowest BCUT2D eigenvalue weighted by molar-refractivity contribution is -0.144. The van der Waals surface area contributed by atoms with Gasteiger partial charge in [-0.05, 0) is 31.6 Å². The average Bonchev–Trinajstić information content (AvgIpc) is 2.71. The van der Waals surface area contributed by atoms with E-state index in [1.807, 2.05) is 0 Å². The molecule has 0 rings (SSSR count). The molecule has 0 aliphatic rings. The standard InChI is InChI=1S/C25H48O4/c1-4-6-15-21-28-24(26)18-14-12-10-8-9-11-13-17-23(3)19-20-25(27)29-22-16-7-5-2/h23H,4-22H2,1-3H3. The second-order valence-corrected chi connectivity index (χ2v) is 8.51. The molecule has 4 nitrogen and oxygen atoms in total. The summed E-state index contributed by atoms with van der Waals surface area (Å²) in [5.41, 5.74) is 0. The predicted octanol–water partition coefficient (Wildman–Crippen LogP) is 7.38. The predicted molar refractivity (Wildman–Crippen MR) is 121 cm³/mol. The van der Waals surface area contributed by atoms with Crippen molar-refractivity contribution in [2.45, 2.75) is 130 Å². The van der Waals surface area contributed by atoms with Crippen LogP contribution in [-0.4, -0.2) is 25.2 Å². The molecule has 0 amide bonds. The zero-order valence-corrected chi connectivity index (χ0v) is 19.6. The van der Waals surface area contributed by atoms with E-state index in [1.54, 1.807) is 0 Å². The van der Waals surface area contributed by atoms with Crippen LogP contribution >= 0.6 is 0 Å². The molecular weight excluding hydrogens is 364 g/mol. The summed E-state index contributed by atoms with van der Waals surface area (Å²) in [5.74, 6) is 0.541. The van der Waals surface area contributed by atoms with Gasteiger partial charge in [-0.3, -0.25) is 9.59 Å². The molecular formula is C25H48O4. The van der Waals surface area contributed by atoms with E-state index >= 15 is 0 Å². The molecule has 0 aromatic carbocycles. The Balaban J connectivity index is 3.34. The highest BCUT2D eigenvalue weighted by Crippen LogP contribution is 2.17. The Morgan fingerprint density at radius 3 is 1.62 bits per heavy atom. The van der Waals surface area contributed by atoms with Gasteiger partial charge in [-0.2, -0.15) is 0 Å². The van der Waals surface area contributed by atoms with Crippen molar-refractivity contribution in [2.24, 2.45) is 5.92 Å². The smallest absolute Gasteiger partial charge is 0.305 e. The highest BCUT2D eigenvalue weighted by Gasteiger charge is 2.08. The molecule has 0 bridgehead atoms. The zero-order valence-electron chi connectivity index (χ0n) is 19.6. The van der Waals surface area contributed by atoms with Crippen LogP contribution in [0.2, 0.25) is 0 Å². The van der Waals surface area contributed by atoms with E-state index in [-0.39, 0.29) is 11.9 Å². The van der Waals surface area contributed by atoms with Gasteiger partial charge < -0.3 is 9.47 Å². The first-order chi connectivity index (χ1) is 14.1. The van der Waals surface area contributed by atoms with E-state index in [0.29, 0.717) is 32.0 Å². The first kappa shape index (κ1) is 27.9. The number of esters is 2.